The summed E-state index contributed by atoms with van der Waals surface area (Å²) in [5, 5.41) is 3.29. The Morgan fingerprint density at radius 1 is 1.15 bits per heavy atom. The smallest absolute Gasteiger partial charge is 0.253 e. The van der Waals surface area contributed by atoms with Gasteiger partial charge in [-0.3, -0.25) is 9.59 Å². The summed E-state index contributed by atoms with van der Waals surface area (Å²) in [7, 11) is 0. The van der Waals surface area contributed by atoms with Gasteiger partial charge in [0.2, 0.25) is 5.91 Å². The first-order valence-electron chi connectivity index (χ1n) is 9.56. The summed E-state index contributed by atoms with van der Waals surface area (Å²) >= 11 is 0. The number of carbonyl (C=O) groups is 2. The van der Waals surface area contributed by atoms with Crippen molar-refractivity contribution >= 4 is 24.2 Å². The van der Waals surface area contributed by atoms with E-state index in [1.54, 1.807) is 0 Å². The Kier molecular flexibility index (Phi) is 7.91. The van der Waals surface area contributed by atoms with Crippen LogP contribution in [0.2, 0.25) is 0 Å². The molecule has 1 atom stereocenters. The summed E-state index contributed by atoms with van der Waals surface area (Å²) in [4.78, 5) is 29.5. The molecule has 144 valence electrons. The molecule has 5 nitrogen and oxygen atoms in total. The van der Waals surface area contributed by atoms with Crippen molar-refractivity contribution in [2.75, 3.05) is 32.7 Å². The summed E-state index contributed by atoms with van der Waals surface area (Å²) in [6.07, 6.45) is 3.69. The van der Waals surface area contributed by atoms with Crippen LogP contribution < -0.4 is 5.32 Å². The normalized spacial score (nSPS) is 20.5. The predicted molar refractivity (Wildman–Crippen MR) is 106 cm³/mol. The van der Waals surface area contributed by atoms with Crippen molar-refractivity contribution in [3.8, 4) is 0 Å². The number of benzene rings is 1. The van der Waals surface area contributed by atoms with Gasteiger partial charge in [0.05, 0.1) is 5.92 Å². The van der Waals surface area contributed by atoms with Crippen molar-refractivity contribution in [2.45, 2.75) is 38.6 Å². The number of rotatable bonds is 5. The highest BCUT2D eigenvalue weighted by molar-refractivity contribution is 5.94. The van der Waals surface area contributed by atoms with Gasteiger partial charge in [-0.2, -0.15) is 0 Å². The van der Waals surface area contributed by atoms with Crippen LogP contribution in [0.3, 0.4) is 0 Å². The largest absolute Gasteiger partial charge is 0.339 e. The molecule has 26 heavy (non-hydrogen) atoms. The molecular weight excluding hydrogens is 350 g/mol. The molecule has 0 aromatic heterocycles. The van der Waals surface area contributed by atoms with E-state index >= 15 is 0 Å². The van der Waals surface area contributed by atoms with Crippen molar-refractivity contribution < 1.29 is 9.59 Å². The first kappa shape index (κ1) is 20.7. The number of nitrogens with one attached hydrogen (secondary N) is 1. The van der Waals surface area contributed by atoms with Crippen LogP contribution in [0.15, 0.2) is 30.3 Å². The molecule has 2 fully saturated rings. The number of hydrogen-bond acceptors (Lipinski definition) is 3. The van der Waals surface area contributed by atoms with E-state index < -0.39 is 0 Å². The highest BCUT2D eigenvalue weighted by Gasteiger charge is 2.33. The van der Waals surface area contributed by atoms with Crippen molar-refractivity contribution in [1.82, 2.24) is 15.1 Å². The van der Waals surface area contributed by atoms with E-state index in [0.717, 1.165) is 64.0 Å². The van der Waals surface area contributed by atoms with Crippen LogP contribution in [0, 0.1) is 5.92 Å². The number of carbonyl (C=O) groups excluding carboxylic acids is 2. The third-order valence-electron chi connectivity index (χ3n) is 5.37. The molecule has 2 heterocycles. The monoisotopic (exact) mass is 379 g/mol. The van der Waals surface area contributed by atoms with E-state index in [2.05, 4.69) is 17.1 Å². The van der Waals surface area contributed by atoms with Gasteiger partial charge in [0, 0.05) is 37.8 Å². The van der Waals surface area contributed by atoms with Gasteiger partial charge in [0.15, 0.2) is 0 Å². The second kappa shape index (κ2) is 9.93. The number of amides is 2. The molecule has 2 aliphatic rings. The molecule has 2 saturated heterocycles. The van der Waals surface area contributed by atoms with Crippen LogP contribution in [-0.2, 0) is 4.79 Å². The highest BCUT2D eigenvalue weighted by atomic mass is 35.5. The number of likely N-dealkylation sites (tertiary alicyclic amines) is 1. The van der Waals surface area contributed by atoms with Crippen LogP contribution >= 0.6 is 12.4 Å². The van der Waals surface area contributed by atoms with Gasteiger partial charge in [-0.05, 0) is 44.4 Å². The van der Waals surface area contributed by atoms with E-state index in [-0.39, 0.29) is 30.3 Å². The fourth-order valence-electron chi connectivity index (χ4n) is 3.96. The average Bonchev–Trinajstić information content (AvgIpc) is 3.21. The fraction of sp³-hybridized carbons (Fsp3) is 0.600. The third kappa shape index (κ3) is 4.77. The topological polar surface area (TPSA) is 52.7 Å². The number of nitrogens with zero attached hydrogens (tertiary/aromatic N) is 2. The van der Waals surface area contributed by atoms with Crippen molar-refractivity contribution in [1.29, 1.82) is 0 Å². The van der Waals surface area contributed by atoms with E-state index in [0.29, 0.717) is 5.91 Å². The van der Waals surface area contributed by atoms with Gasteiger partial charge in [-0.15, -0.1) is 12.4 Å². The zero-order chi connectivity index (χ0) is 17.6. The van der Waals surface area contributed by atoms with Gasteiger partial charge in [-0.1, -0.05) is 25.1 Å². The number of piperidine rings is 1. The summed E-state index contributed by atoms with van der Waals surface area (Å²) in [6, 6.07) is 9.74. The van der Waals surface area contributed by atoms with E-state index in [1.165, 1.54) is 0 Å². The third-order valence-corrected chi connectivity index (χ3v) is 5.37. The lowest BCUT2D eigenvalue weighted by molar-refractivity contribution is -0.138. The molecule has 1 N–H and O–H groups in total. The second-order valence-electron chi connectivity index (χ2n) is 7.11. The molecule has 1 aromatic rings. The lowest BCUT2D eigenvalue weighted by Crippen LogP contribution is -2.50. The predicted octanol–water partition coefficient (Wildman–Crippen LogP) is 2.56. The summed E-state index contributed by atoms with van der Waals surface area (Å²) in [5.41, 5.74) is 0.750. The number of halogens is 1. The molecular formula is C20H30ClN3O2. The lowest BCUT2D eigenvalue weighted by Gasteiger charge is -2.39. The minimum Gasteiger partial charge on any atom is -0.339 e. The molecule has 0 aliphatic carbocycles. The van der Waals surface area contributed by atoms with E-state index in [1.807, 2.05) is 35.2 Å². The Morgan fingerprint density at radius 3 is 2.42 bits per heavy atom. The Bertz CT molecular complexity index is 582. The second-order valence-corrected chi connectivity index (χ2v) is 7.11. The molecule has 1 aromatic carbocycles. The minimum absolute atomic E-state index is 0. The van der Waals surface area contributed by atoms with Crippen LogP contribution in [0.5, 0.6) is 0 Å². The first-order chi connectivity index (χ1) is 12.2. The molecule has 1 unspecified atom stereocenters. The maximum Gasteiger partial charge on any atom is 0.253 e. The molecule has 2 aliphatic heterocycles. The molecule has 0 bridgehead atoms. The molecule has 2 amide bonds. The van der Waals surface area contributed by atoms with Crippen LogP contribution in [0.4, 0.5) is 0 Å². The molecule has 3 rings (SSSR count). The van der Waals surface area contributed by atoms with E-state index in [4.69, 9.17) is 0 Å². The number of hydrogen-bond donors (Lipinski definition) is 1. The first-order valence-corrected chi connectivity index (χ1v) is 9.56. The molecule has 6 heteroatoms. The van der Waals surface area contributed by atoms with Crippen molar-refractivity contribution in [3.63, 3.8) is 0 Å². The van der Waals surface area contributed by atoms with Crippen molar-refractivity contribution in [3.05, 3.63) is 35.9 Å². The average molecular weight is 380 g/mol. The maximum atomic E-state index is 12.9. The SMILES string of the molecule is CCCN(C(=O)C1CCNC1)C1CCN(C(=O)c2ccccc2)CC1.Cl. The highest BCUT2D eigenvalue weighted by Crippen LogP contribution is 2.22. The lowest BCUT2D eigenvalue weighted by atomic mass is 9.99. The summed E-state index contributed by atoms with van der Waals surface area (Å²) in [6.45, 7) is 6.17. The Labute approximate surface area is 162 Å². The maximum absolute atomic E-state index is 12.9. The Morgan fingerprint density at radius 2 is 1.85 bits per heavy atom. The summed E-state index contributed by atoms with van der Waals surface area (Å²) < 4.78 is 0. The minimum atomic E-state index is 0. The molecule has 0 spiro atoms. The van der Waals surface area contributed by atoms with Gasteiger partial charge in [0.25, 0.3) is 5.91 Å². The molecule has 0 radical (unpaired) electrons. The van der Waals surface area contributed by atoms with Gasteiger partial charge in [0.1, 0.15) is 0 Å². The van der Waals surface area contributed by atoms with Gasteiger partial charge >= 0.3 is 0 Å². The van der Waals surface area contributed by atoms with Gasteiger partial charge in [-0.25, -0.2) is 0 Å². The molecule has 0 saturated carbocycles. The Balaban J connectivity index is 0.00000243. The quantitative estimate of drug-likeness (QED) is 0.855. The van der Waals surface area contributed by atoms with Gasteiger partial charge < -0.3 is 15.1 Å². The Hall–Kier alpha value is -1.59. The van der Waals surface area contributed by atoms with Crippen molar-refractivity contribution in [2.24, 2.45) is 5.92 Å². The van der Waals surface area contributed by atoms with Crippen LogP contribution in [0.1, 0.15) is 43.0 Å². The standard InChI is InChI=1S/C20H29N3O2.ClH/c1-2-12-23(20(25)17-8-11-21-15-17)18-9-13-22(14-10-18)19(24)16-6-4-3-5-7-16;/h3-7,17-18,21H,2,8-15H2,1H3;1H. The zero-order valence-electron chi connectivity index (χ0n) is 15.5. The zero-order valence-corrected chi connectivity index (χ0v) is 16.3. The van der Waals surface area contributed by atoms with Crippen LogP contribution in [0.25, 0.3) is 0 Å². The van der Waals surface area contributed by atoms with E-state index in [9.17, 15) is 9.59 Å². The fourth-order valence-corrected chi connectivity index (χ4v) is 3.96. The van der Waals surface area contributed by atoms with Crippen LogP contribution in [-0.4, -0.2) is 60.4 Å². The summed E-state index contributed by atoms with van der Waals surface area (Å²) in [5.74, 6) is 0.544.